The number of hydrazine groups is 1. The number of nitrogens with one attached hydrogen (secondary N) is 2. The van der Waals surface area contributed by atoms with Crippen molar-refractivity contribution < 1.29 is 33.9 Å². The number of aromatic nitrogens is 6. The number of nitrogens with two attached hydrogens (primary N) is 1. The third-order valence-corrected chi connectivity index (χ3v) is 11.1. The van der Waals surface area contributed by atoms with Crippen molar-refractivity contribution in [1.82, 2.24) is 55.0 Å². The summed E-state index contributed by atoms with van der Waals surface area (Å²) in [4.78, 5) is 49.6. The fourth-order valence-electron chi connectivity index (χ4n) is 7.41. The lowest BCUT2D eigenvalue weighted by Gasteiger charge is -2.12. The van der Waals surface area contributed by atoms with Gasteiger partial charge in [0.25, 0.3) is 0 Å². The molecule has 4 aromatic rings. The summed E-state index contributed by atoms with van der Waals surface area (Å²) in [6, 6.07) is 18.8. The number of rotatable bonds is 13. The molecule has 1 amide bonds. The van der Waals surface area contributed by atoms with Crippen molar-refractivity contribution in [3.8, 4) is 5.69 Å². The first-order chi connectivity index (χ1) is 35.4. The van der Waals surface area contributed by atoms with Gasteiger partial charge < -0.3 is 19.5 Å². The van der Waals surface area contributed by atoms with Crippen molar-refractivity contribution in [3.63, 3.8) is 0 Å². The summed E-state index contributed by atoms with van der Waals surface area (Å²) in [6.07, 6.45) is 10.1. The fourth-order valence-corrected chi connectivity index (χ4v) is 7.57. The molecule has 8 rings (SSSR count). The number of benzene rings is 2. The maximum Gasteiger partial charge on any atom is 0.488 e. The monoisotopic (exact) mass is 1080 g/mol. The molecule has 4 aliphatic rings. The largest absolute Gasteiger partial charge is 0.488 e. The van der Waals surface area contributed by atoms with Crippen molar-refractivity contribution in [2.24, 2.45) is 5.84 Å². The quantitative estimate of drug-likeness (QED) is 0.0204. The number of H-pyrrole nitrogens is 1. The van der Waals surface area contributed by atoms with Gasteiger partial charge in [-0.05, 0) is 149 Å². The molecule has 0 radical (unpaired) electrons. The molecule has 0 atom stereocenters. The predicted molar refractivity (Wildman–Crippen MR) is 297 cm³/mol. The van der Waals surface area contributed by atoms with Crippen LogP contribution in [-0.4, -0.2) is 169 Å². The summed E-state index contributed by atoms with van der Waals surface area (Å²) < 4.78 is 11.3. The van der Waals surface area contributed by atoms with Gasteiger partial charge in [0.15, 0.2) is 11.6 Å². The lowest BCUT2D eigenvalue weighted by Crippen LogP contribution is -2.39. The molecule has 6 N–H and O–H groups in total. The molecular weight excluding hydrogens is 995 g/mol. The number of aryl methyl sites for hydroxylation is 2. The van der Waals surface area contributed by atoms with Gasteiger partial charge in [-0.3, -0.25) is 44.5 Å². The van der Waals surface area contributed by atoms with Crippen LogP contribution in [0.25, 0.3) is 5.69 Å². The van der Waals surface area contributed by atoms with Crippen LogP contribution in [0, 0.1) is 13.8 Å². The highest BCUT2D eigenvalue weighted by atomic mass is 79.9. The average Bonchev–Trinajstić information content (AvgIpc) is 4.30. The van der Waals surface area contributed by atoms with E-state index in [9.17, 15) is 14.4 Å². The van der Waals surface area contributed by atoms with E-state index in [1.807, 2.05) is 77.4 Å². The molecule has 4 saturated heterocycles. The first-order valence-electron chi connectivity index (χ1n) is 26.0. The number of amides is 1. The number of alkyl halides is 1. The van der Waals surface area contributed by atoms with E-state index in [1.165, 1.54) is 77.5 Å². The van der Waals surface area contributed by atoms with Crippen molar-refractivity contribution >= 4 is 46.4 Å². The number of aromatic amines is 1. The molecule has 4 aliphatic heterocycles. The van der Waals surface area contributed by atoms with Gasteiger partial charge in [0, 0.05) is 0 Å². The lowest BCUT2D eigenvalue weighted by atomic mass is 9.81. The first-order valence-corrected chi connectivity index (χ1v) is 27.1. The van der Waals surface area contributed by atoms with E-state index in [0.717, 1.165) is 68.3 Å². The Morgan fingerprint density at radius 3 is 1.48 bits per heavy atom. The van der Waals surface area contributed by atoms with Crippen LogP contribution in [0.2, 0.25) is 0 Å². The van der Waals surface area contributed by atoms with Crippen molar-refractivity contribution in [2.75, 3.05) is 84.0 Å². The molecule has 2 aromatic carbocycles. The summed E-state index contributed by atoms with van der Waals surface area (Å²) in [5.74, 6) is 8.25. The molecule has 19 nitrogen and oxygen atoms in total. The van der Waals surface area contributed by atoms with Crippen molar-refractivity contribution in [2.45, 2.75) is 120 Å². The second-order valence-corrected chi connectivity index (χ2v) is 16.7. The zero-order chi connectivity index (χ0) is 54.7. The minimum absolute atomic E-state index is 0.0885. The number of halogens is 1. The van der Waals surface area contributed by atoms with Gasteiger partial charge in [0.1, 0.15) is 17.0 Å². The molecular formula is C52H90BBrN12O7. The second kappa shape index (κ2) is 44.6. The number of hydrogen-bond acceptors (Lipinski definition) is 16. The highest BCUT2D eigenvalue weighted by molar-refractivity contribution is 9.09. The Hall–Kier alpha value is -4.87. The molecule has 0 aliphatic carbocycles. The van der Waals surface area contributed by atoms with Crippen LogP contribution in [0.1, 0.15) is 116 Å². The smallest absolute Gasteiger partial charge is 0.465 e. The van der Waals surface area contributed by atoms with Crippen LogP contribution >= 0.6 is 15.9 Å². The molecule has 6 heterocycles. The first kappa shape index (κ1) is 68.1. The number of carbonyl (C=O) groups excluding carboxylic acids is 3. The summed E-state index contributed by atoms with van der Waals surface area (Å²) >= 11 is 2.94. The lowest BCUT2D eigenvalue weighted by molar-refractivity contribution is -0.144. The Balaban J connectivity index is 0.000000854. The van der Waals surface area contributed by atoms with E-state index in [4.69, 9.17) is 20.6 Å². The van der Waals surface area contributed by atoms with Gasteiger partial charge in [0.05, 0.1) is 45.1 Å². The Bertz CT molecular complexity index is 1940. The van der Waals surface area contributed by atoms with Gasteiger partial charge in [-0.15, -0.1) is 18.3 Å². The normalized spacial score (nSPS) is 14.7. The molecule has 4 fully saturated rings. The van der Waals surface area contributed by atoms with E-state index in [2.05, 4.69) is 96.2 Å². The number of esters is 2. The van der Waals surface area contributed by atoms with Crippen LogP contribution in [0.4, 0.5) is 0 Å². The van der Waals surface area contributed by atoms with Crippen LogP contribution in [0.5, 0.6) is 0 Å². The van der Waals surface area contributed by atoms with Gasteiger partial charge in [-0.1, -0.05) is 92.2 Å². The molecule has 0 unspecified atom stereocenters. The standard InChI is InChI=1S/C14H18N4.C8H14N4.C8H15NO2.C6H7BO2.C6H13N3O.C4H7BrO2.2C2H6.C2H4/c1-12-15-14(11-17-9-5-6-10-17)16-18(12)13-7-3-2-4-8-13;1-7-9-8(11-10-7)6-12-4-2-3-5-12;1-2-11-8(10)7-9-5-3-4-6-9;8-7(9)6-4-2-1-3-5-6;7-8-6(10)5-9-3-1-2-4-9;1-2-7-4(6)3-5;3*1-2/h2-4,7-8H,5-6,9-11H2,1H3;2-6H2,1H3,(H,9,10,11);2-7H2,1H3;1-5,8-9H;1-5,7H2,(H,8,10);2-3H2,1H3;2*1-2H3;1-2H2. The summed E-state index contributed by atoms with van der Waals surface area (Å²) in [5, 5.41) is 29.0. The number of ether oxygens (including phenoxy) is 2. The number of hydrogen-bond donors (Lipinski definition) is 5. The average molecular weight is 1090 g/mol. The van der Waals surface area contributed by atoms with Crippen molar-refractivity contribution in [3.05, 3.63) is 97.1 Å². The van der Waals surface area contributed by atoms with Gasteiger partial charge in [-0.25, -0.2) is 20.5 Å². The maximum atomic E-state index is 10.9. The SMILES string of the molecule is C=C.CC.CC.CCOC(=O)CBr.CCOC(=O)CN1CCCC1.Cc1nc(CN2CCCC2)n[nH]1.Cc1nc(CN2CCCC2)nn1-c1ccccc1.NNC(=O)CN1CCCC1.OB(O)c1ccccc1. The van der Waals surface area contributed by atoms with E-state index in [0.29, 0.717) is 37.1 Å². The van der Waals surface area contributed by atoms with Crippen LogP contribution < -0.4 is 16.7 Å². The van der Waals surface area contributed by atoms with Gasteiger partial charge in [0.2, 0.25) is 5.91 Å². The predicted octanol–water partition coefficient (Wildman–Crippen LogP) is 5.76. The third-order valence-electron chi connectivity index (χ3n) is 10.7. The zero-order valence-electron chi connectivity index (χ0n) is 45.4. The van der Waals surface area contributed by atoms with E-state index in [1.54, 1.807) is 31.2 Å². The Labute approximate surface area is 445 Å². The third kappa shape index (κ3) is 32.1. The molecule has 0 spiro atoms. The molecule has 410 valence electrons. The van der Waals surface area contributed by atoms with Crippen LogP contribution in [0.15, 0.2) is 73.8 Å². The molecule has 73 heavy (non-hydrogen) atoms. The van der Waals surface area contributed by atoms with Crippen LogP contribution in [-0.2, 0) is 36.9 Å². The summed E-state index contributed by atoms with van der Waals surface area (Å²) in [6.45, 7) is 34.2. The van der Waals surface area contributed by atoms with E-state index < -0.39 is 7.12 Å². The second-order valence-electron chi connectivity index (χ2n) is 16.2. The topological polar surface area (TPSA) is 233 Å². The molecule has 2 aromatic heterocycles. The molecule has 0 bridgehead atoms. The van der Waals surface area contributed by atoms with Gasteiger partial charge in [-0.2, -0.15) is 5.10 Å². The zero-order valence-corrected chi connectivity index (χ0v) is 47.0. The highest BCUT2D eigenvalue weighted by Crippen LogP contribution is 2.14. The Kier molecular flexibility index (Phi) is 41.6. The Morgan fingerprint density at radius 1 is 0.671 bits per heavy atom. The molecule has 0 saturated carbocycles. The highest BCUT2D eigenvalue weighted by Gasteiger charge is 2.18. The minimum Gasteiger partial charge on any atom is -0.465 e. The van der Waals surface area contributed by atoms with E-state index in [-0.39, 0.29) is 17.8 Å². The number of carbonyl (C=O) groups is 3. The van der Waals surface area contributed by atoms with E-state index >= 15 is 0 Å². The minimum atomic E-state index is -1.34. The van der Waals surface area contributed by atoms with Gasteiger partial charge >= 0.3 is 19.1 Å². The summed E-state index contributed by atoms with van der Waals surface area (Å²) in [7, 11) is -1.34. The molecule has 21 heteroatoms. The number of nitrogens with zero attached hydrogens (tertiary/aromatic N) is 9. The van der Waals surface area contributed by atoms with Crippen molar-refractivity contribution in [1.29, 1.82) is 0 Å². The maximum absolute atomic E-state index is 10.9. The van der Waals surface area contributed by atoms with Crippen LogP contribution in [0.3, 0.4) is 0 Å². The summed E-state index contributed by atoms with van der Waals surface area (Å²) in [5.41, 5.74) is 3.72. The number of likely N-dealkylation sites (tertiary alicyclic amines) is 4. The number of para-hydroxylation sites is 1. The fraction of sp³-hybridized carbons (Fsp3) is 0.596. The Morgan fingerprint density at radius 2 is 1.10 bits per heavy atom.